The first-order valence-corrected chi connectivity index (χ1v) is 12.0. The molecule has 1 aliphatic rings. The maximum absolute atomic E-state index is 14.0. The molecule has 9 nitrogen and oxygen atoms in total. The monoisotopic (exact) mass is 525 g/mol. The number of rotatable bonds is 8. The lowest BCUT2D eigenvalue weighted by atomic mass is 10.0. The van der Waals surface area contributed by atoms with Gasteiger partial charge in [0.25, 0.3) is 5.91 Å². The minimum atomic E-state index is -0.427. The van der Waals surface area contributed by atoms with Gasteiger partial charge in [-0.1, -0.05) is 22.8 Å². The zero-order valence-electron chi connectivity index (χ0n) is 20.2. The van der Waals surface area contributed by atoms with Crippen LogP contribution in [-0.2, 0) is 24.4 Å². The van der Waals surface area contributed by atoms with Gasteiger partial charge >= 0.3 is 0 Å². The van der Waals surface area contributed by atoms with E-state index in [9.17, 15) is 14.3 Å². The quantitative estimate of drug-likeness (QED) is 0.348. The Bertz CT molecular complexity index is 1450. The van der Waals surface area contributed by atoms with Gasteiger partial charge in [-0.2, -0.15) is 0 Å². The van der Waals surface area contributed by atoms with E-state index in [1.54, 1.807) is 30.3 Å². The molecule has 2 N–H and O–H groups in total. The zero-order valence-corrected chi connectivity index (χ0v) is 21.0. The number of pyridine rings is 1. The number of aryl methyl sites for hydroxylation is 1. The van der Waals surface area contributed by atoms with Gasteiger partial charge in [-0.25, -0.2) is 9.37 Å². The average Bonchev–Trinajstić information content (AvgIpc) is 3.49. The molecule has 1 aromatic carbocycles. The molecule has 11 heteroatoms. The number of ether oxygens (including phenoxy) is 1. The van der Waals surface area contributed by atoms with Crippen molar-refractivity contribution < 1.29 is 23.6 Å². The number of methoxy groups -OCH3 is 1. The molecular formula is C26H25ClFN5O4. The molecule has 0 unspecified atom stereocenters. The normalized spacial score (nSPS) is 15.2. The Balaban J connectivity index is 1.47. The van der Waals surface area contributed by atoms with Crippen molar-refractivity contribution in [2.75, 3.05) is 19.0 Å². The number of halogens is 2. The lowest BCUT2D eigenvalue weighted by molar-refractivity contribution is 0.0386. The van der Waals surface area contributed by atoms with Gasteiger partial charge in [-0.3, -0.25) is 4.79 Å². The van der Waals surface area contributed by atoms with Gasteiger partial charge in [0.1, 0.15) is 35.0 Å². The summed E-state index contributed by atoms with van der Waals surface area (Å²) < 4.78 is 26.2. The molecule has 0 saturated carbocycles. The molecule has 4 heterocycles. The van der Waals surface area contributed by atoms with Gasteiger partial charge in [0.05, 0.1) is 24.3 Å². The number of benzene rings is 1. The summed E-state index contributed by atoms with van der Waals surface area (Å²) in [7, 11) is 1.57. The minimum Gasteiger partial charge on any atom is -0.392 e. The number of aromatic nitrogens is 3. The molecule has 5 rings (SSSR count). The van der Waals surface area contributed by atoms with E-state index in [1.807, 2.05) is 17.7 Å². The third kappa shape index (κ3) is 4.95. The van der Waals surface area contributed by atoms with E-state index in [0.29, 0.717) is 57.8 Å². The van der Waals surface area contributed by atoms with Crippen molar-refractivity contribution in [1.29, 1.82) is 0 Å². The summed E-state index contributed by atoms with van der Waals surface area (Å²) in [5.74, 6) is -0.109. The molecule has 192 valence electrons. The molecule has 4 aromatic rings. The Morgan fingerprint density at radius 1 is 1.30 bits per heavy atom. The zero-order chi connectivity index (χ0) is 26.1. The Morgan fingerprint density at radius 2 is 2.14 bits per heavy atom. The van der Waals surface area contributed by atoms with E-state index in [-0.39, 0.29) is 25.1 Å². The van der Waals surface area contributed by atoms with Crippen molar-refractivity contribution in [3.8, 4) is 11.1 Å². The predicted molar refractivity (Wildman–Crippen MR) is 135 cm³/mol. The van der Waals surface area contributed by atoms with E-state index < -0.39 is 5.82 Å². The lowest BCUT2D eigenvalue weighted by Gasteiger charge is -2.36. The van der Waals surface area contributed by atoms with Gasteiger partial charge in [-0.05, 0) is 42.3 Å². The van der Waals surface area contributed by atoms with Crippen LogP contribution in [0.15, 0.2) is 53.5 Å². The van der Waals surface area contributed by atoms with Crippen LogP contribution in [0.25, 0.3) is 11.1 Å². The number of nitrogens with zero attached hydrogens (tertiary/aromatic N) is 4. The summed E-state index contributed by atoms with van der Waals surface area (Å²) in [5, 5.41) is 17.2. The van der Waals surface area contributed by atoms with Gasteiger partial charge in [0.2, 0.25) is 0 Å². The highest BCUT2D eigenvalue weighted by molar-refractivity contribution is 6.33. The Labute approximate surface area is 217 Å². The molecule has 1 aliphatic heterocycles. The fraction of sp³-hybridized carbons (Fsp3) is 0.269. The Hall–Kier alpha value is -3.73. The number of hydrogen-bond acceptors (Lipinski definition) is 7. The van der Waals surface area contributed by atoms with Gasteiger partial charge in [0, 0.05) is 43.7 Å². The maximum atomic E-state index is 14.0. The number of fused-ring (bicyclic) bond motifs is 1. The summed E-state index contributed by atoms with van der Waals surface area (Å²) in [6.07, 6.45) is 4.91. The van der Waals surface area contributed by atoms with E-state index >= 15 is 0 Å². The predicted octanol–water partition coefficient (Wildman–Crippen LogP) is 4.55. The summed E-state index contributed by atoms with van der Waals surface area (Å²) in [4.78, 5) is 19.6. The van der Waals surface area contributed by atoms with Crippen LogP contribution in [-0.4, -0.2) is 50.4 Å². The Morgan fingerprint density at radius 3 is 2.86 bits per heavy atom. The van der Waals surface area contributed by atoms with E-state index in [2.05, 4.69) is 15.5 Å². The first-order chi connectivity index (χ1) is 17.9. The number of carbonyl (C=O) groups excluding carboxylic acids is 1. The number of hydrogen-bond donors (Lipinski definition) is 2. The highest BCUT2D eigenvalue weighted by Gasteiger charge is 2.34. The van der Waals surface area contributed by atoms with Crippen molar-refractivity contribution >= 4 is 29.0 Å². The molecule has 0 aliphatic carbocycles. The van der Waals surface area contributed by atoms with Crippen molar-refractivity contribution in [3.63, 3.8) is 0 Å². The number of aliphatic hydroxyl groups excluding tert-OH is 1. The second-order valence-electron chi connectivity index (χ2n) is 8.87. The molecule has 0 radical (unpaired) electrons. The van der Waals surface area contributed by atoms with Crippen molar-refractivity contribution in [2.45, 2.75) is 32.7 Å². The number of aliphatic hydroxyl groups is 1. The van der Waals surface area contributed by atoms with Crippen LogP contribution >= 0.6 is 11.6 Å². The molecule has 0 bridgehead atoms. The third-order valence-corrected chi connectivity index (χ3v) is 6.74. The molecule has 0 fully saturated rings. The lowest BCUT2D eigenvalue weighted by Crippen LogP contribution is -2.49. The van der Waals surface area contributed by atoms with Crippen LogP contribution < -0.4 is 5.32 Å². The molecule has 37 heavy (non-hydrogen) atoms. The van der Waals surface area contributed by atoms with Crippen LogP contribution in [0.5, 0.6) is 0 Å². The summed E-state index contributed by atoms with van der Waals surface area (Å²) >= 11 is 6.50. The third-order valence-electron chi connectivity index (χ3n) is 6.44. The highest BCUT2D eigenvalue weighted by atomic mass is 35.5. The van der Waals surface area contributed by atoms with Gasteiger partial charge in [-0.15, -0.1) is 0 Å². The molecule has 0 spiro atoms. The van der Waals surface area contributed by atoms with E-state index in [1.165, 1.54) is 24.5 Å². The maximum Gasteiger partial charge on any atom is 0.271 e. The molecular weight excluding hydrogens is 501 g/mol. The van der Waals surface area contributed by atoms with Crippen LogP contribution in [0.3, 0.4) is 0 Å². The van der Waals surface area contributed by atoms with Gasteiger partial charge in [0.15, 0.2) is 0 Å². The SMILES string of the molecule is COC[C@H]1Cn2cc(-c3cc(Nc4conc4C)ncc3Cl)cc2C(=O)N1Cc1cc(F)ccc1CO. The fourth-order valence-corrected chi connectivity index (χ4v) is 4.73. The van der Waals surface area contributed by atoms with Crippen LogP contribution in [0.4, 0.5) is 15.9 Å². The largest absolute Gasteiger partial charge is 0.392 e. The number of amides is 1. The fourth-order valence-electron chi connectivity index (χ4n) is 4.52. The van der Waals surface area contributed by atoms with Crippen molar-refractivity contribution in [3.05, 3.63) is 82.3 Å². The van der Waals surface area contributed by atoms with Crippen LogP contribution in [0.1, 0.15) is 27.3 Å². The number of nitrogens with one attached hydrogen (secondary N) is 1. The second-order valence-corrected chi connectivity index (χ2v) is 9.27. The smallest absolute Gasteiger partial charge is 0.271 e. The Kier molecular flexibility index (Phi) is 6.96. The highest BCUT2D eigenvalue weighted by Crippen LogP contribution is 2.34. The summed E-state index contributed by atoms with van der Waals surface area (Å²) in [6.45, 7) is 2.48. The first-order valence-electron chi connectivity index (χ1n) is 11.6. The average molecular weight is 526 g/mol. The van der Waals surface area contributed by atoms with E-state index in [4.69, 9.17) is 20.9 Å². The summed E-state index contributed by atoms with van der Waals surface area (Å²) in [6, 6.07) is 7.47. The van der Waals surface area contributed by atoms with Crippen LogP contribution in [0.2, 0.25) is 5.02 Å². The minimum absolute atomic E-state index is 0.142. The second kappa shape index (κ2) is 10.3. The molecule has 0 saturated heterocycles. The summed E-state index contributed by atoms with van der Waals surface area (Å²) in [5.41, 5.74) is 4.42. The van der Waals surface area contributed by atoms with Crippen molar-refractivity contribution in [2.24, 2.45) is 0 Å². The molecule has 1 amide bonds. The standard InChI is InChI=1S/C26H25ClFN5O4/c1-15-23(14-37-31-15)30-25-7-21(22(27)8-29-25)18-6-24-26(35)33(20(13-36-2)11-32(24)9-18)10-17-5-19(28)4-3-16(17)12-34/h3-9,14,20,34H,10-13H2,1-2H3,(H,29,30)/t20-/m1/s1. The van der Waals surface area contributed by atoms with Crippen molar-refractivity contribution in [1.82, 2.24) is 19.6 Å². The molecule has 1 atom stereocenters. The number of anilines is 2. The van der Waals surface area contributed by atoms with E-state index in [0.717, 1.165) is 5.56 Å². The topological polar surface area (TPSA) is 106 Å². The first kappa shape index (κ1) is 24.9. The molecule has 3 aromatic heterocycles. The number of carbonyl (C=O) groups is 1. The van der Waals surface area contributed by atoms with Gasteiger partial charge < -0.3 is 29.2 Å². The van der Waals surface area contributed by atoms with Crippen LogP contribution in [0, 0.1) is 12.7 Å².